The average Bonchev–Trinajstić information content (AvgIpc) is 3.22. The van der Waals surface area contributed by atoms with E-state index in [4.69, 9.17) is 23.2 Å². The second-order valence-corrected chi connectivity index (χ2v) is 9.20. The van der Waals surface area contributed by atoms with Crippen molar-refractivity contribution in [2.45, 2.75) is 9.79 Å². The number of aromatic amines is 1. The highest BCUT2D eigenvalue weighted by Crippen LogP contribution is 2.26. The van der Waals surface area contributed by atoms with Gasteiger partial charge in [-0.15, -0.1) is 0 Å². The van der Waals surface area contributed by atoms with Crippen molar-refractivity contribution in [3.63, 3.8) is 0 Å². The predicted octanol–water partition coefficient (Wildman–Crippen LogP) is 5.86. The van der Waals surface area contributed by atoms with E-state index in [1.54, 1.807) is 60.7 Å². The Morgan fingerprint density at radius 2 is 1.68 bits per heavy atom. The maximum absolute atomic E-state index is 13.0. The van der Waals surface area contributed by atoms with Crippen molar-refractivity contribution in [3.8, 4) is 0 Å². The van der Waals surface area contributed by atoms with E-state index in [1.165, 1.54) is 7.11 Å². The molecule has 0 aliphatic carbocycles. The zero-order valence-corrected chi connectivity index (χ0v) is 19.8. The molecular weight excluding hydrogens is 501 g/mol. The second kappa shape index (κ2) is 10.1. The molecule has 12 heteroatoms. The number of hydrogen-bond acceptors (Lipinski definition) is 5. The van der Waals surface area contributed by atoms with Gasteiger partial charge in [0.25, 0.3) is 0 Å². The summed E-state index contributed by atoms with van der Waals surface area (Å²) in [6.07, 6.45) is -0.652. The standard InChI is InChI=1S/C22H17Cl2N5O4S/c1-33-22(31)29-20-26-17-9-7-15(11-19(17)27-20)34(32)14-5-3-13(4-6-14)25-21(30)28-18-10-12(23)2-8-16(18)24/h2-11H,1H3,(H2,25,28,30)(H2,26,27,29,31). The molecule has 0 spiro atoms. The minimum Gasteiger partial charge on any atom is -0.453 e. The molecule has 4 aromatic rings. The second-order valence-electron chi connectivity index (χ2n) is 6.88. The Morgan fingerprint density at radius 1 is 0.941 bits per heavy atom. The summed E-state index contributed by atoms with van der Waals surface area (Å²) in [5, 5.41) is 8.55. The van der Waals surface area contributed by atoms with E-state index < -0.39 is 22.9 Å². The van der Waals surface area contributed by atoms with Crippen LogP contribution in [0.5, 0.6) is 0 Å². The highest BCUT2D eigenvalue weighted by molar-refractivity contribution is 7.85. The van der Waals surface area contributed by atoms with Gasteiger partial charge in [0.15, 0.2) is 0 Å². The molecule has 1 atom stereocenters. The monoisotopic (exact) mass is 517 g/mol. The Morgan fingerprint density at radius 3 is 2.41 bits per heavy atom. The number of fused-ring (bicyclic) bond motifs is 1. The quantitative estimate of drug-likeness (QED) is 0.264. The number of imidazole rings is 1. The highest BCUT2D eigenvalue weighted by atomic mass is 35.5. The van der Waals surface area contributed by atoms with Crippen molar-refractivity contribution in [2.24, 2.45) is 0 Å². The third kappa shape index (κ3) is 5.48. The SMILES string of the molecule is COC(=O)Nc1nc2ccc(S(=O)c3ccc(NC(=O)Nc4cc(Cl)ccc4Cl)cc3)cc2[nH]1. The van der Waals surface area contributed by atoms with E-state index in [0.29, 0.717) is 42.2 Å². The number of benzene rings is 3. The number of H-pyrrole nitrogens is 1. The molecule has 0 fully saturated rings. The number of urea groups is 1. The Hall–Kier alpha value is -3.60. The molecule has 0 aliphatic heterocycles. The van der Waals surface area contributed by atoms with Gasteiger partial charge in [0.05, 0.1) is 39.7 Å². The molecule has 4 rings (SSSR count). The van der Waals surface area contributed by atoms with Crippen molar-refractivity contribution in [3.05, 3.63) is 70.7 Å². The lowest BCUT2D eigenvalue weighted by Gasteiger charge is -2.10. The maximum Gasteiger partial charge on any atom is 0.413 e. The summed E-state index contributed by atoms with van der Waals surface area (Å²) in [6, 6.07) is 15.9. The molecule has 0 saturated carbocycles. The molecule has 0 saturated heterocycles. The number of aromatic nitrogens is 2. The van der Waals surface area contributed by atoms with Gasteiger partial charge < -0.3 is 20.4 Å². The molecule has 3 aromatic carbocycles. The van der Waals surface area contributed by atoms with E-state index in [-0.39, 0.29) is 5.95 Å². The van der Waals surface area contributed by atoms with Crippen LogP contribution in [0.25, 0.3) is 11.0 Å². The van der Waals surface area contributed by atoms with Gasteiger partial charge in [0.2, 0.25) is 5.95 Å². The number of halogens is 2. The molecule has 9 nitrogen and oxygen atoms in total. The fourth-order valence-electron chi connectivity index (χ4n) is 2.99. The minimum atomic E-state index is -1.48. The molecule has 174 valence electrons. The Kier molecular flexibility index (Phi) is 7.01. The van der Waals surface area contributed by atoms with E-state index >= 15 is 0 Å². The smallest absolute Gasteiger partial charge is 0.413 e. The molecule has 0 aliphatic rings. The van der Waals surface area contributed by atoms with Crippen LogP contribution in [0, 0.1) is 0 Å². The van der Waals surface area contributed by atoms with Crippen LogP contribution in [0.1, 0.15) is 0 Å². The van der Waals surface area contributed by atoms with Crippen LogP contribution in [0.15, 0.2) is 70.5 Å². The summed E-state index contributed by atoms with van der Waals surface area (Å²) in [6.45, 7) is 0. The number of ether oxygens (including phenoxy) is 1. The maximum atomic E-state index is 13.0. The summed E-state index contributed by atoms with van der Waals surface area (Å²) in [5.41, 5.74) is 2.08. The summed E-state index contributed by atoms with van der Waals surface area (Å²) in [5.74, 6) is 0.220. The number of methoxy groups -OCH3 is 1. The van der Waals surface area contributed by atoms with E-state index in [9.17, 15) is 13.8 Å². The van der Waals surface area contributed by atoms with Crippen LogP contribution in [0.2, 0.25) is 10.0 Å². The topological polar surface area (TPSA) is 125 Å². The summed E-state index contributed by atoms with van der Waals surface area (Å²) >= 11 is 12.0. The molecule has 34 heavy (non-hydrogen) atoms. The van der Waals surface area contributed by atoms with Crippen LogP contribution in [-0.2, 0) is 15.5 Å². The first-order chi connectivity index (χ1) is 16.3. The highest BCUT2D eigenvalue weighted by Gasteiger charge is 2.12. The van der Waals surface area contributed by atoms with Crippen LogP contribution >= 0.6 is 23.2 Å². The largest absolute Gasteiger partial charge is 0.453 e. The predicted molar refractivity (Wildman–Crippen MR) is 132 cm³/mol. The van der Waals surface area contributed by atoms with Gasteiger partial charge in [-0.05, 0) is 60.7 Å². The number of nitrogens with zero attached hydrogens (tertiary/aromatic N) is 1. The first-order valence-electron chi connectivity index (χ1n) is 9.72. The molecule has 1 aromatic heterocycles. The molecule has 0 radical (unpaired) electrons. The molecule has 0 bridgehead atoms. The van der Waals surface area contributed by atoms with Gasteiger partial charge in [-0.3, -0.25) is 5.32 Å². The first kappa shape index (κ1) is 23.6. The van der Waals surface area contributed by atoms with Gasteiger partial charge >= 0.3 is 12.1 Å². The number of nitrogens with one attached hydrogen (secondary N) is 4. The third-order valence-corrected chi connectivity index (χ3v) is 6.52. The number of hydrogen-bond donors (Lipinski definition) is 4. The third-order valence-electron chi connectivity index (χ3n) is 4.58. The zero-order chi connectivity index (χ0) is 24.2. The molecular formula is C22H17Cl2N5O4S. The average molecular weight is 518 g/mol. The summed E-state index contributed by atoms with van der Waals surface area (Å²) in [4.78, 5) is 31.9. The lowest BCUT2D eigenvalue weighted by Crippen LogP contribution is -2.19. The van der Waals surface area contributed by atoms with Gasteiger partial charge in [0.1, 0.15) is 0 Å². The number of carbonyl (C=O) groups is 2. The number of rotatable bonds is 5. The van der Waals surface area contributed by atoms with Crippen molar-refractivity contribution >= 4 is 74.5 Å². The number of carbonyl (C=O) groups excluding carboxylic acids is 2. The molecule has 3 amide bonds. The van der Waals surface area contributed by atoms with E-state index in [2.05, 4.69) is 30.7 Å². The number of anilines is 3. The zero-order valence-electron chi connectivity index (χ0n) is 17.5. The normalized spacial score (nSPS) is 11.6. The van der Waals surface area contributed by atoms with Crippen LogP contribution in [0.4, 0.5) is 26.9 Å². The molecule has 1 heterocycles. The Labute approximate surface area is 206 Å². The van der Waals surface area contributed by atoms with Gasteiger partial charge in [-0.1, -0.05) is 23.2 Å². The van der Waals surface area contributed by atoms with Crippen LogP contribution in [0.3, 0.4) is 0 Å². The van der Waals surface area contributed by atoms with Crippen molar-refractivity contribution in [1.82, 2.24) is 9.97 Å². The number of amides is 3. The van der Waals surface area contributed by atoms with Gasteiger partial charge in [-0.2, -0.15) is 0 Å². The lowest BCUT2D eigenvalue weighted by atomic mass is 10.3. The van der Waals surface area contributed by atoms with E-state index in [1.807, 2.05) is 0 Å². The van der Waals surface area contributed by atoms with Gasteiger partial charge in [0, 0.05) is 20.5 Å². The van der Waals surface area contributed by atoms with Crippen molar-refractivity contribution in [2.75, 3.05) is 23.1 Å². The van der Waals surface area contributed by atoms with Crippen LogP contribution in [-0.4, -0.2) is 33.4 Å². The summed E-state index contributed by atoms with van der Waals surface area (Å²) < 4.78 is 17.6. The molecule has 1 unspecified atom stereocenters. The van der Waals surface area contributed by atoms with Crippen molar-refractivity contribution in [1.29, 1.82) is 0 Å². The van der Waals surface area contributed by atoms with E-state index in [0.717, 1.165) is 0 Å². The lowest BCUT2D eigenvalue weighted by molar-refractivity contribution is 0.186. The van der Waals surface area contributed by atoms with Gasteiger partial charge in [-0.25, -0.2) is 18.8 Å². The van der Waals surface area contributed by atoms with Crippen molar-refractivity contribution < 1.29 is 18.5 Å². The first-order valence-corrected chi connectivity index (χ1v) is 11.6. The minimum absolute atomic E-state index is 0.220. The van der Waals surface area contributed by atoms with Crippen LogP contribution < -0.4 is 16.0 Å². The Bertz CT molecular complexity index is 1410. The molecule has 4 N–H and O–H groups in total. The summed E-state index contributed by atoms with van der Waals surface area (Å²) in [7, 11) is -0.233. The fourth-order valence-corrected chi connectivity index (χ4v) is 4.40. The fraction of sp³-hybridized carbons (Fsp3) is 0.0455. The Balaban J connectivity index is 1.44.